The molecule has 1 aromatic carbocycles. The summed E-state index contributed by atoms with van der Waals surface area (Å²) in [5.41, 5.74) is 1.61. The lowest BCUT2D eigenvalue weighted by Crippen LogP contribution is -2.34. The average molecular weight is 342 g/mol. The highest BCUT2D eigenvalue weighted by Crippen LogP contribution is 2.21. The van der Waals surface area contributed by atoms with Crippen LogP contribution in [0, 0.1) is 5.82 Å². The molecule has 1 saturated heterocycles. The van der Waals surface area contributed by atoms with Crippen LogP contribution in [0.2, 0.25) is 0 Å². The second kappa shape index (κ2) is 8.69. The lowest BCUT2D eigenvalue weighted by atomic mass is 10.1. The Morgan fingerprint density at radius 2 is 1.92 bits per heavy atom. The van der Waals surface area contributed by atoms with E-state index in [2.05, 4.69) is 21.3 Å². The number of hydrogen-bond donors (Lipinski definition) is 1. The summed E-state index contributed by atoms with van der Waals surface area (Å²) < 4.78 is 14.7. The van der Waals surface area contributed by atoms with Gasteiger partial charge in [0.2, 0.25) is 0 Å². The minimum absolute atomic E-state index is 0.0604. The van der Waals surface area contributed by atoms with E-state index in [0.717, 1.165) is 38.0 Å². The fourth-order valence-corrected chi connectivity index (χ4v) is 2.96. The first kappa shape index (κ1) is 17.5. The molecule has 0 unspecified atom stereocenters. The van der Waals surface area contributed by atoms with Crippen molar-refractivity contribution in [2.75, 3.05) is 19.6 Å². The van der Waals surface area contributed by atoms with Crippen LogP contribution in [-0.2, 0) is 6.61 Å². The molecule has 3 rings (SSSR count). The second-order valence-corrected chi connectivity index (χ2v) is 6.22. The van der Waals surface area contributed by atoms with Crippen molar-refractivity contribution in [3.8, 4) is 0 Å². The Hall–Kier alpha value is -2.31. The molecular weight excluding hydrogens is 319 g/mol. The highest BCUT2D eigenvalue weighted by atomic mass is 19.1. The third-order valence-electron chi connectivity index (χ3n) is 4.42. The maximum atomic E-state index is 12.8. The van der Waals surface area contributed by atoms with Crippen molar-refractivity contribution in [2.45, 2.75) is 25.5 Å². The van der Waals surface area contributed by atoms with E-state index in [1.807, 2.05) is 29.1 Å². The third-order valence-corrected chi connectivity index (χ3v) is 4.42. The number of rotatable bonds is 6. The molecule has 0 radical (unpaired) electrons. The van der Waals surface area contributed by atoms with Gasteiger partial charge in [-0.1, -0.05) is 41.7 Å². The number of nitrogens with zero attached hydrogens (tertiary/aromatic N) is 4. The molecule has 1 aliphatic heterocycles. The Morgan fingerprint density at radius 1 is 1.16 bits per heavy atom. The van der Waals surface area contributed by atoms with Gasteiger partial charge in [-0.25, -0.2) is 9.07 Å². The average Bonchev–Trinajstić information content (AvgIpc) is 3.13. The third kappa shape index (κ3) is 5.08. The summed E-state index contributed by atoms with van der Waals surface area (Å²) in [5.74, 6) is -0.213. The standard InChI is InChI=1S/C19H23FN4O/c20-17-7-5-16(6-8-17)4-2-1-3-11-23-12-9-19(10-13-23)24-14-18(15-25)21-22-24/h1-8,14,19,25H,9-13,15H2/b3-1+,4-2+. The van der Waals surface area contributed by atoms with E-state index in [1.165, 1.54) is 12.1 Å². The monoisotopic (exact) mass is 342 g/mol. The smallest absolute Gasteiger partial charge is 0.123 e. The van der Waals surface area contributed by atoms with Crippen molar-refractivity contribution in [2.24, 2.45) is 0 Å². The van der Waals surface area contributed by atoms with Gasteiger partial charge in [0.25, 0.3) is 0 Å². The lowest BCUT2D eigenvalue weighted by Gasteiger charge is -2.30. The highest BCUT2D eigenvalue weighted by molar-refractivity contribution is 5.50. The van der Waals surface area contributed by atoms with Gasteiger partial charge < -0.3 is 5.11 Å². The molecule has 2 heterocycles. The maximum absolute atomic E-state index is 12.8. The van der Waals surface area contributed by atoms with Gasteiger partial charge in [0.05, 0.1) is 18.8 Å². The maximum Gasteiger partial charge on any atom is 0.123 e. The minimum Gasteiger partial charge on any atom is -0.390 e. The van der Waals surface area contributed by atoms with Gasteiger partial charge in [-0.05, 0) is 30.5 Å². The van der Waals surface area contributed by atoms with E-state index in [1.54, 1.807) is 12.1 Å². The van der Waals surface area contributed by atoms with Gasteiger partial charge in [-0.2, -0.15) is 0 Å². The van der Waals surface area contributed by atoms with Crippen molar-refractivity contribution in [1.82, 2.24) is 19.9 Å². The van der Waals surface area contributed by atoms with Crippen LogP contribution in [0.25, 0.3) is 6.08 Å². The predicted molar refractivity (Wildman–Crippen MR) is 95.2 cm³/mol. The van der Waals surface area contributed by atoms with Gasteiger partial charge in [0.15, 0.2) is 0 Å². The number of likely N-dealkylation sites (tertiary alicyclic amines) is 1. The molecule has 2 aromatic rings. The number of aliphatic hydroxyl groups excluding tert-OH is 1. The van der Waals surface area contributed by atoms with E-state index in [9.17, 15) is 4.39 Å². The Balaban J connectivity index is 1.40. The summed E-state index contributed by atoms with van der Waals surface area (Å²) in [4.78, 5) is 2.41. The van der Waals surface area contributed by atoms with Crippen LogP contribution in [0.1, 0.15) is 30.1 Å². The molecule has 0 aliphatic carbocycles. The van der Waals surface area contributed by atoms with Gasteiger partial charge in [0.1, 0.15) is 11.5 Å². The molecule has 0 saturated carbocycles. The number of halogens is 1. The van der Waals surface area contributed by atoms with Gasteiger partial charge in [-0.3, -0.25) is 4.90 Å². The Morgan fingerprint density at radius 3 is 2.60 bits per heavy atom. The molecule has 1 N–H and O–H groups in total. The van der Waals surface area contributed by atoms with Crippen molar-refractivity contribution in [3.05, 3.63) is 65.8 Å². The largest absolute Gasteiger partial charge is 0.390 e. The summed E-state index contributed by atoms with van der Waals surface area (Å²) >= 11 is 0. The van der Waals surface area contributed by atoms with Crippen molar-refractivity contribution in [1.29, 1.82) is 0 Å². The van der Waals surface area contributed by atoms with Crippen molar-refractivity contribution < 1.29 is 9.50 Å². The lowest BCUT2D eigenvalue weighted by molar-refractivity contribution is 0.193. The van der Waals surface area contributed by atoms with E-state index in [-0.39, 0.29) is 12.4 Å². The quantitative estimate of drug-likeness (QED) is 0.820. The molecule has 1 aromatic heterocycles. The fourth-order valence-electron chi connectivity index (χ4n) is 2.96. The number of piperidine rings is 1. The first-order valence-corrected chi connectivity index (χ1v) is 8.57. The van der Waals surface area contributed by atoms with E-state index in [4.69, 9.17) is 5.11 Å². The number of allylic oxidation sites excluding steroid dienone is 2. The molecule has 6 heteroatoms. The highest BCUT2D eigenvalue weighted by Gasteiger charge is 2.20. The molecule has 0 amide bonds. The second-order valence-electron chi connectivity index (χ2n) is 6.22. The zero-order valence-electron chi connectivity index (χ0n) is 14.1. The number of hydrogen-bond acceptors (Lipinski definition) is 4. The molecule has 5 nitrogen and oxygen atoms in total. The summed E-state index contributed by atoms with van der Waals surface area (Å²) in [6, 6.07) is 6.82. The molecule has 1 aliphatic rings. The fraction of sp³-hybridized carbons (Fsp3) is 0.368. The van der Waals surface area contributed by atoms with Gasteiger partial charge >= 0.3 is 0 Å². The normalized spacial score (nSPS) is 17.0. The van der Waals surface area contributed by atoms with Gasteiger partial charge in [0, 0.05) is 19.6 Å². The summed E-state index contributed by atoms with van der Waals surface area (Å²) in [7, 11) is 0. The van der Waals surface area contributed by atoms with E-state index >= 15 is 0 Å². The SMILES string of the molecule is OCc1cn(C2CCN(C/C=C/C=C/c3ccc(F)cc3)CC2)nn1. The Labute approximate surface area is 147 Å². The van der Waals surface area contributed by atoms with Crippen LogP contribution in [-0.4, -0.2) is 44.6 Å². The van der Waals surface area contributed by atoms with Gasteiger partial charge in [-0.15, -0.1) is 5.10 Å². The van der Waals surface area contributed by atoms with Crippen LogP contribution in [0.15, 0.2) is 48.7 Å². The summed E-state index contributed by atoms with van der Waals surface area (Å²) in [6.45, 7) is 2.89. The van der Waals surface area contributed by atoms with Crippen molar-refractivity contribution >= 4 is 6.08 Å². The first-order valence-electron chi connectivity index (χ1n) is 8.57. The topological polar surface area (TPSA) is 54.2 Å². The van der Waals surface area contributed by atoms with Crippen LogP contribution in [0.4, 0.5) is 4.39 Å². The Bertz CT molecular complexity index is 715. The molecule has 0 bridgehead atoms. The van der Waals surface area contributed by atoms with E-state index < -0.39 is 0 Å². The van der Waals surface area contributed by atoms with Crippen LogP contribution in [0.3, 0.4) is 0 Å². The molecule has 132 valence electrons. The van der Waals surface area contributed by atoms with Crippen LogP contribution >= 0.6 is 0 Å². The number of benzene rings is 1. The van der Waals surface area contributed by atoms with Crippen molar-refractivity contribution in [3.63, 3.8) is 0 Å². The van der Waals surface area contributed by atoms with Crippen LogP contribution in [0.5, 0.6) is 0 Å². The Kier molecular flexibility index (Phi) is 6.09. The molecule has 1 fully saturated rings. The number of aliphatic hydroxyl groups is 1. The van der Waals surface area contributed by atoms with Crippen LogP contribution < -0.4 is 0 Å². The minimum atomic E-state index is -0.213. The summed E-state index contributed by atoms with van der Waals surface area (Å²) in [6.07, 6.45) is 12.0. The molecule has 0 spiro atoms. The zero-order valence-corrected chi connectivity index (χ0v) is 14.1. The molecule has 25 heavy (non-hydrogen) atoms. The summed E-state index contributed by atoms with van der Waals surface area (Å²) in [5, 5.41) is 17.1. The van der Waals surface area contributed by atoms with E-state index in [0.29, 0.717) is 11.7 Å². The zero-order chi connectivity index (χ0) is 17.5. The first-order chi connectivity index (χ1) is 12.2. The molecular formula is C19H23FN4O. The predicted octanol–water partition coefficient (Wildman–Crippen LogP) is 2.82. The molecule has 0 atom stereocenters. The number of aromatic nitrogens is 3.